The highest BCUT2D eigenvalue weighted by atomic mass is 16.5. The highest BCUT2D eigenvalue weighted by Gasteiger charge is 2.22. The molecule has 0 spiro atoms. The molecule has 0 aromatic heterocycles. The molecule has 1 rings (SSSR count). The normalized spacial score (nSPS) is 13.8. The molecular formula is C17H25NO2. The Balaban J connectivity index is 2.83. The molecule has 0 heterocycles. The van der Waals surface area contributed by atoms with Gasteiger partial charge >= 0.3 is 5.97 Å². The molecule has 0 N–H and O–H groups in total. The number of benzene rings is 1. The number of carbonyl (C=O) groups excluding carboxylic acids is 1. The number of hydrogen-bond acceptors (Lipinski definition) is 3. The highest BCUT2D eigenvalue weighted by molar-refractivity contribution is 5.72. The Hall–Kier alpha value is -1.61. The van der Waals surface area contributed by atoms with Crippen molar-refractivity contribution in [3.05, 3.63) is 48.0 Å². The van der Waals surface area contributed by atoms with Crippen molar-refractivity contribution in [3.63, 3.8) is 0 Å². The van der Waals surface area contributed by atoms with Gasteiger partial charge in [-0.25, -0.2) is 0 Å². The van der Waals surface area contributed by atoms with Crippen LogP contribution in [0.2, 0.25) is 0 Å². The SMILES string of the molecule is C=C(C)CN(CC(C)C(=O)OC)[C@H](C)c1ccccc1. The quantitative estimate of drug-likeness (QED) is 0.564. The molecule has 0 amide bonds. The van der Waals surface area contributed by atoms with Crippen LogP contribution in [-0.2, 0) is 9.53 Å². The summed E-state index contributed by atoms with van der Waals surface area (Å²) >= 11 is 0. The summed E-state index contributed by atoms with van der Waals surface area (Å²) in [5, 5.41) is 0. The van der Waals surface area contributed by atoms with Crippen molar-refractivity contribution in [1.82, 2.24) is 4.90 Å². The monoisotopic (exact) mass is 275 g/mol. The fraction of sp³-hybridized carbons (Fsp3) is 0.471. The highest BCUT2D eigenvalue weighted by Crippen LogP contribution is 2.22. The van der Waals surface area contributed by atoms with E-state index >= 15 is 0 Å². The molecule has 0 fully saturated rings. The standard InChI is InChI=1S/C17H25NO2/c1-13(2)11-18(12-14(3)17(19)20-5)15(4)16-9-7-6-8-10-16/h6-10,14-15H,1,11-12H2,2-5H3/t14?,15-/m1/s1. The lowest BCUT2D eigenvalue weighted by molar-refractivity contribution is -0.145. The maximum Gasteiger partial charge on any atom is 0.309 e. The Morgan fingerprint density at radius 3 is 2.40 bits per heavy atom. The second-order valence-corrected chi connectivity index (χ2v) is 5.40. The summed E-state index contributed by atoms with van der Waals surface area (Å²) in [5.74, 6) is -0.317. The molecule has 3 heteroatoms. The van der Waals surface area contributed by atoms with Gasteiger partial charge in [-0.3, -0.25) is 9.69 Å². The summed E-state index contributed by atoms with van der Waals surface area (Å²) in [4.78, 5) is 13.9. The van der Waals surface area contributed by atoms with Gasteiger partial charge in [-0.15, -0.1) is 0 Å². The Morgan fingerprint density at radius 2 is 1.90 bits per heavy atom. The lowest BCUT2D eigenvalue weighted by atomic mass is 10.0. The Bertz CT molecular complexity index is 442. The molecule has 0 saturated heterocycles. The van der Waals surface area contributed by atoms with Gasteiger partial charge in [-0.05, 0) is 19.4 Å². The second kappa shape index (κ2) is 7.85. The van der Waals surface area contributed by atoms with Gasteiger partial charge < -0.3 is 4.74 Å². The number of esters is 1. The number of methoxy groups -OCH3 is 1. The minimum absolute atomic E-state index is 0.148. The van der Waals surface area contributed by atoms with E-state index in [1.807, 2.05) is 32.0 Å². The fourth-order valence-electron chi connectivity index (χ4n) is 2.28. The Kier molecular flexibility index (Phi) is 6.46. The van der Waals surface area contributed by atoms with Crippen molar-refractivity contribution in [2.75, 3.05) is 20.2 Å². The molecule has 20 heavy (non-hydrogen) atoms. The average Bonchev–Trinajstić information content (AvgIpc) is 2.45. The molecule has 1 aromatic carbocycles. The fourth-order valence-corrected chi connectivity index (χ4v) is 2.28. The van der Waals surface area contributed by atoms with Crippen LogP contribution in [0.1, 0.15) is 32.4 Å². The van der Waals surface area contributed by atoms with Crippen LogP contribution in [0.3, 0.4) is 0 Å². The molecule has 110 valence electrons. The second-order valence-electron chi connectivity index (χ2n) is 5.40. The maximum absolute atomic E-state index is 11.6. The largest absolute Gasteiger partial charge is 0.469 e. The Morgan fingerprint density at radius 1 is 1.30 bits per heavy atom. The smallest absolute Gasteiger partial charge is 0.309 e. The van der Waals surface area contributed by atoms with Crippen molar-refractivity contribution in [2.24, 2.45) is 5.92 Å². The molecule has 0 bridgehead atoms. The van der Waals surface area contributed by atoms with Crippen molar-refractivity contribution < 1.29 is 9.53 Å². The average molecular weight is 275 g/mol. The molecule has 0 radical (unpaired) electrons. The maximum atomic E-state index is 11.6. The topological polar surface area (TPSA) is 29.5 Å². The zero-order valence-corrected chi connectivity index (χ0v) is 12.9. The predicted molar refractivity (Wildman–Crippen MR) is 82.4 cm³/mol. The van der Waals surface area contributed by atoms with Gasteiger partial charge in [0, 0.05) is 19.1 Å². The van der Waals surface area contributed by atoms with Crippen molar-refractivity contribution >= 4 is 5.97 Å². The summed E-state index contributed by atoms with van der Waals surface area (Å²) in [6.07, 6.45) is 0. The van der Waals surface area contributed by atoms with Crippen LogP contribution in [0.25, 0.3) is 0 Å². The summed E-state index contributed by atoms with van der Waals surface area (Å²) < 4.78 is 4.82. The molecule has 0 saturated carbocycles. The van der Waals surface area contributed by atoms with Gasteiger partial charge in [0.15, 0.2) is 0 Å². The van der Waals surface area contributed by atoms with E-state index in [4.69, 9.17) is 4.74 Å². The van der Waals surface area contributed by atoms with Gasteiger partial charge in [-0.1, -0.05) is 49.4 Å². The van der Waals surface area contributed by atoms with E-state index in [0.717, 1.165) is 12.1 Å². The van der Waals surface area contributed by atoms with Crippen LogP contribution >= 0.6 is 0 Å². The summed E-state index contributed by atoms with van der Waals surface area (Å²) in [7, 11) is 1.43. The molecule has 3 nitrogen and oxygen atoms in total. The first-order chi connectivity index (χ1) is 9.45. The van der Waals surface area contributed by atoms with Crippen molar-refractivity contribution in [3.8, 4) is 0 Å². The summed E-state index contributed by atoms with van der Waals surface area (Å²) in [6.45, 7) is 11.5. The third kappa shape index (κ3) is 4.82. The minimum atomic E-state index is -0.169. The lowest BCUT2D eigenvalue weighted by Gasteiger charge is -2.31. The van der Waals surface area contributed by atoms with Crippen LogP contribution in [0, 0.1) is 5.92 Å². The van der Waals surface area contributed by atoms with E-state index in [-0.39, 0.29) is 17.9 Å². The number of ether oxygens (including phenoxy) is 1. The molecule has 1 aromatic rings. The third-order valence-electron chi connectivity index (χ3n) is 3.41. The molecule has 0 aliphatic heterocycles. The van der Waals surface area contributed by atoms with Gasteiger partial charge in [-0.2, -0.15) is 0 Å². The van der Waals surface area contributed by atoms with E-state index < -0.39 is 0 Å². The first-order valence-electron chi connectivity index (χ1n) is 6.97. The first-order valence-corrected chi connectivity index (χ1v) is 6.97. The van der Waals surface area contributed by atoms with Crippen LogP contribution in [0.15, 0.2) is 42.5 Å². The molecule has 0 aliphatic carbocycles. The van der Waals surface area contributed by atoms with E-state index in [2.05, 4.69) is 30.5 Å². The molecular weight excluding hydrogens is 250 g/mol. The number of nitrogens with zero attached hydrogens (tertiary/aromatic N) is 1. The van der Waals surface area contributed by atoms with Gasteiger partial charge in [0.05, 0.1) is 13.0 Å². The van der Waals surface area contributed by atoms with Crippen molar-refractivity contribution in [2.45, 2.75) is 26.8 Å². The molecule has 2 atom stereocenters. The van der Waals surface area contributed by atoms with E-state index in [1.54, 1.807) is 0 Å². The van der Waals surface area contributed by atoms with E-state index in [0.29, 0.717) is 6.54 Å². The van der Waals surface area contributed by atoms with E-state index in [9.17, 15) is 4.79 Å². The zero-order chi connectivity index (χ0) is 15.1. The van der Waals surface area contributed by atoms with Crippen molar-refractivity contribution in [1.29, 1.82) is 0 Å². The van der Waals surface area contributed by atoms with Crippen LogP contribution in [0.4, 0.5) is 0 Å². The number of rotatable bonds is 7. The summed E-state index contributed by atoms with van der Waals surface area (Å²) in [6, 6.07) is 10.5. The minimum Gasteiger partial charge on any atom is -0.469 e. The lowest BCUT2D eigenvalue weighted by Crippen LogP contribution is -2.35. The third-order valence-corrected chi connectivity index (χ3v) is 3.41. The predicted octanol–water partition coefficient (Wildman–Crippen LogP) is 3.43. The van der Waals surface area contributed by atoms with Gasteiger partial charge in [0.25, 0.3) is 0 Å². The van der Waals surface area contributed by atoms with Gasteiger partial charge in [0.1, 0.15) is 0 Å². The number of carbonyl (C=O) groups is 1. The summed E-state index contributed by atoms with van der Waals surface area (Å²) in [5.41, 5.74) is 2.33. The number of hydrogen-bond donors (Lipinski definition) is 0. The molecule has 1 unspecified atom stereocenters. The Labute approximate surface area is 122 Å². The zero-order valence-electron chi connectivity index (χ0n) is 12.9. The van der Waals surface area contributed by atoms with Crippen LogP contribution < -0.4 is 0 Å². The van der Waals surface area contributed by atoms with Crippen LogP contribution in [0.5, 0.6) is 0 Å². The van der Waals surface area contributed by atoms with Gasteiger partial charge in [0.2, 0.25) is 0 Å². The van der Waals surface area contributed by atoms with E-state index in [1.165, 1.54) is 12.7 Å². The first kappa shape index (κ1) is 16.4. The molecule has 0 aliphatic rings. The van der Waals surface area contributed by atoms with Crippen LogP contribution in [-0.4, -0.2) is 31.1 Å².